The number of non-ortho nitro benzene ring substituents is 1. The molecule has 30 heavy (non-hydrogen) atoms. The number of hydrogen-bond acceptors (Lipinski definition) is 4. The van der Waals surface area contributed by atoms with E-state index in [-0.39, 0.29) is 11.6 Å². The topological polar surface area (TPSA) is 81.3 Å². The van der Waals surface area contributed by atoms with Gasteiger partial charge in [0.1, 0.15) is 5.69 Å². The van der Waals surface area contributed by atoms with Gasteiger partial charge in [-0.1, -0.05) is 37.6 Å². The maximum Gasteiger partial charge on any atom is 0.272 e. The lowest BCUT2D eigenvalue weighted by molar-refractivity contribution is -0.384. The van der Waals surface area contributed by atoms with Crippen molar-refractivity contribution in [3.63, 3.8) is 0 Å². The van der Waals surface area contributed by atoms with Gasteiger partial charge < -0.3 is 4.90 Å². The Morgan fingerprint density at radius 1 is 1.10 bits per heavy atom. The number of halogens is 1. The predicted molar refractivity (Wildman–Crippen MR) is 117 cm³/mol. The second-order valence-electron chi connectivity index (χ2n) is 6.87. The summed E-state index contributed by atoms with van der Waals surface area (Å²) < 4.78 is 1.56. The lowest BCUT2D eigenvalue weighted by atomic mass is 10.1. The molecule has 1 amide bonds. The Hall–Kier alpha value is -3.19. The number of aromatic nitrogens is 2. The van der Waals surface area contributed by atoms with Crippen molar-refractivity contribution < 1.29 is 9.72 Å². The molecule has 0 aliphatic heterocycles. The van der Waals surface area contributed by atoms with Gasteiger partial charge >= 0.3 is 0 Å². The second kappa shape index (κ2) is 9.54. The van der Waals surface area contributed by atoms with Crippen LogP contribution in [0.5, 0.6) is 0 Å². The maximum absolute atomic E-state index is 13.4. The smallest absolute Gasteiger partial charge is 0.272 e. The monoisotopic (exact) mass is 426 g/mol. The highest BCUT2D eigenvalue weighted by Crippen LogP contribution is 2.27. The van der Waals surface area contributed by atoms with Crippen LogP contribution >= 0.6 is 11.6 Å². The Labute approximate surface area is 180 Å². The van der Waals surface area contributed by atoms with Gasteiger partial charge in [-0.05, 0) is 43.2 Å². The highest BCUT2D eigenvalue weighted by molar-refractivity contribution is 6.32. The third-order valence-electron chi connectivity index (χ3n) is 4.66. The number of hydrogen-bond donors (Lipinski definition) is 0. The van der Waals surface area contributed by atoms with Gasteiger partial charge in [0.05, 0.1) is 21.3 Å². The van der Waals surface area contributed by atoms with Crippen molar-refractivity contribution in [3.8, 4) is 16.9 Å². The van der Waals surface area contributed by atoms with Crippen LogP contribution in [0.1, 0.15) is 37.2 Å². The predicted octanol–water partition coefficient (Wildman–Crippen LogP) is 5.36. The van der Waals surface area contributed by atoms with Crippen LogP contribution in [0.4, 0.5) is 5.69 Å². The molecule has 1 aromatic heterocycles. The normalized spacial score (nSPS) is 10.8. The van der Waals surface area contributed by atoms with Gasteiger partial charge in [-0.25, -0.2) is 4.68 Å². The van der Waals surface area contributed by atoms with Crippen molar-refractivity contribution in [1.29, 1.82) is 0 Å². The van der Waals surface area contributed by atoms with E-state index < -0.39 is 4.92 Å². The van der Waals surface area contributed by atoms with Crippen LogP contribution in [0, 0.1) is 10.1 Å². The van der Waals surface area contributed by atoms with Crippen molar-refractivity contribution in [1.82, 2.24) is 14.7 Å². The fourth-order valence-corrected chi connectivity index (χ4v) is 3.47. The Bertz CT molecular complexity index is 1040. The van der Waals surface area contributed by atoms with E-state index >= 15 is 0 Å². The summed E-state index contributed by atoms with van der Waals surface area (Å²) in [6.07, 6.45) is 1.70. The lowest BCUT2D eigenvalue weighted by Gasteiger charge is -2.21. The molecule has 2 aromatic carbocycles. The molecule has 156 valence electrons. The quantitative estimate of drug-likeness (QED) is 0.358. The molecule has 0 spiro atoms. The maximum atomic E-state index is 13.4. The number of amides is 1. The van der Waals surface area contributed by atoms with Gasteiger partial charge in [-0.2, -0.15) is 5.10 Å². The molecule has 0 bridgehead atoms. The summed E-state index contributed by atoms with van der Waals surface area (Å²) >= 11 is 6.39. The standard InChI is InChI=1S/C22H23ClN4O3/c1-3-13-25(14-4-2)22(28)21-15-19(16-9-11-17(12-10-16)27(29)30)24-26(21)20-8-6-5-7-18(20)23/h5-12,15H,3-4,13-14H2,1-2H3. The van der Waals surface area contributed by atoms with Crippen molar-refractivity contribution in [2.24, 2.45) is 0 Å². The van der Waals surface area contributed by atoms with Crippen LogP contribution in [0.3, 0.4) is 0 Å². The van der Waals surface area contributed by atoms with Gasteiger partial charge in [0.25, 0.3) is 11.6 Å². The van der Waals surface area contributed by atoms with Crippen molar-refractivity contribution in [2.45, 2.75) is 26.7 Å². The summed E-state index contributed by atoms with van der Waals surface area (Å²) in [4.78, 5) is 25.6. The zero-order chi connectivity index (χ0) is 21.7. The summed E-state index contributed by atoms with van der Waals surface area (Å²) in [6.45, 7) is 5.35. The molecule has 0 fully saturated rings. The lowest BCUT2D eigenvalue weighted by Crippen LogP contribution is -2.33. The van der Waals surface area contributed by atoms with Gasteiger partial charge in [0, 0.05) is 30.8 Å². The van der Waals surface area contributed by atoms with Crippen molar-refractivity contribution >= 4 is 23.2 Å². The summed E-state index contributed by atoms with van der Waals surface area (Å²) in [7, 11) is 0. The zero-order valence-electron chi connectivity index (χ0n) is 16.9. The first kappa shape index (κ1) is 21.5. The van der Waals surface area contributed by atoms with Crippen LogP contribution in [0.2, 0.25) is 5.02 Å². The Balaban J connectivity index is 2.11. The van der Waals surface area contributed by atoms with E-state index in [1.165, 1.54) is 12.1 Å². The molecule has 0 N–H and O–H groups in total. The third-order valence-corrected chi connectivity index (χ3v) is 4.98. The van der Waals surface area contributed by atoms with Gasteiger partial charge in [0.15, 0.2) is 0 Å². The van der Waals surface area contributed by atoms with Crippen LogP contribution in [-0.4, -0.2) is 38.6 Å². The number of carbonyl (C=O) groups excluding carboxylic acids is 1. The molecule has 7 nitrogen and oxygen atoms in total. The van der Waals surface area contributed by atoms with E-state index in [0.29, 0.717) is 40.8 Å². The molecule has 0 aliphatic rings. The minimum Gasteiger partial charge on any atom is -0.337 e. The number of carbonyl (C=O) groups is 1. The van der Waals surface area contributed by atoms with E-state index in [0.717, 1.165) is 12.8 Å². The molecule has 3 rings (SSSR count). The van der Waals surface area contributed by atoms with Gasteiger partial charge in [-0.3, -0.25) is 14.9 Å². The van der Waals surface area contributed by atoms with E-state index in [1.807, 2.05) is 30.9 Å². The Kier molecular flexibility index (Phi) is 6.84. The van der Waals surface area contributed by atoms with Crippen LogP contribution in [0.25, 0.3) is 16.9 Å². The number of nitro benzene ring substituents is 1. The Morgan fingerprint density at radius 2 is 1.73 bits per heavy atom. The minimum atomic E-state index is -0.450. The SMILES string of the molecule is CCCN(CCC)C(=O)c1cc(-c2ccc([N+](=O)[O-])cc2)nn1-c1ccccc1Cl. The molecular formula is C22H23ClN4O3. The Morgan fingerprint density at radius 3 is 2.30 bits per heavy atom. The third kappa shape index (κ3) is 4.52. The first-order valence-corrected chi connectivity index (χ1v) is 10.2. The molecule has 0 saturated carbocycles. The van der Waals surface area contributed by atoms with Crippen LogP contribution in [0.15, 0.2) is 54.6 Å². The zero-order valence-corrected chi connectivity index (χ0v) is 17.7. The highest BCUT2D eigenvalue weighted by Gasteiger charge is 2.23. The highest BCUT2D eigenvalue weighted by atomic mass is 35.5. The summed E-state index contributed by atoms with van der Waals surface area (Å²) in [5, 5.41) is 16.0. The van der Waals surface area contributed by atoms with Gasteiger partial charge in [-0.15, -0.1) is 0 Å². The summed E-state index contributed by atoms with van der Waals surface area (Å²) in [5.74, 6) is -0.126. The van der Waals surface area contributed by atoms with Crippen molar-refractivity contribution in [2.75, 3.05) is 13.1 Å². The number of nitro groups is 1. The molecule has 8 heteroatoms. The molecule has 1 heterocycles. The average Bonchev–Trinajstić information content (AvgIpc) is 3.18. The van der Waals surface area contributed by atoms with E-state index in [4.69, 9.17) is 11.6 Å². The fraction of sp³-hybridized carbons (Fsp3) is 0.273. The molecule has 0 unspecified atom stereocenters. The number of para-hydroxylation sites is 1. The minimum absolute atomic E-state index is 0.00217. The molecule has 0 saturated heterocycles. The van der Waals surface area contributed by atoms with Gasteiger partial charge in [0.2, 0.25) is 0 Å². The first-order chi connectivity index (χ1) is 14.5. The van der Waals surface area contributed by atoms with Crippen LogP contribution < -0.4 is 0 Å². The first-order valence-electron chi connectivity index (χ1n) is 9.85. The molecule has 0 atom stereocenters. The molecule has 0 aliphatic carbocycles. The molecule has 3 aromatic rings. The van der Waals surface area contributed by atoms with E-state index in [1.54, 1.807) is 35.0 Å². The number of nitrogens with zero attached hydrogens (tertiary/aromatic N) is 4. The number of benzene rings is 2. The van der Waals surface area contributed by atoms with E-state index in [9.17, 15) is 14.9 Å². The van der Waals surface area contributed by atoms with E-state index in [2.05, 4.69) is 5.10 Å². The fourth-order valence-electron chi connectivity index (χ4n) is 3.25. The molecular weight excluding hydrogens is 404 g/mol. The second-order valence-corrected chi connectivity index (χ2v) is 7.28. The largest absolute Gasteiger partial charge is 0.337 e. The number of rotatable bonds is 8. The average molecular weight is 427 g/mol. The van der Waals surface area contributed by atoms with Crippen LogP contribution in [-0.2, 0) is 0 Å². The summed E-state index contributed by atoms with van der Waals surface area (Å²) in [5.41, 5.74) is 2.22. The summed E-state index contributed by atoms with van der Waals surface area (Å²) in [6, 6.07) is 15.0. The van der Waals surface area contributed by atoms with Crippen molar-refractivity contribution in [3.05, 3.63) is 75.4 Å². The molecule has 0 radical (unpaired) electrons.